The van der Waals surface area contributed by atoms with Crippen LogP contribution in [0.2, 0.25) is 0 Å². The standard InChI is InChI=1S/C14H24N4O2/c1-4-8-20-11-6-5-7-18(9-11)14(19)13-12(15)10(2)16-17(13)3/h11H,4-9,15H2,1-3H3. The SMILES string of the molecule is CCCOC1CCCN(C(=O)c2c(N)c(C)nn2C)C1. The minimum atomic E-state index is -0.0459. The van der Waals surface area contributed by atoms with Crippen LogP contribution in [0.3, 0.4) is 0 Å². The Hall–Kier alpha value is -1.56. The zero-order chi connectivity index (χ0) is 14.7. The highest BCUT2D eigenvalue weighted by Crippen LogP contribution is 2.21. The number of carbonyl (C=O) groups excluding carboxylic acids is 1. The van der Waals surface area contributed by atoms with Gasteiger partial charge in [-0.05, 0) is 26.2 Å². The average Bonchev–Trinajstić information content (AvgIpc) is 2.69. The van der Waals surface area contributed by atoms with Crippen LogP contribution in [0, 0.1) is 6.92 Å². The molecule has 20 heavy (non-hydrogen) atoms. The van der Waals surface area contributed by atoms with E-state index in [1.807, 2.05) is 11.8 Å². The normalized spacial score (nSPS) is 19.4. The third-order valence-corrected chi connectivity index (χ3v) is 3.69. The molecular formula is C14H24N4O2. The highest BCUT2D eigenvalue weighted by molar-refractivity contribution is 5.98. The number of ether oxygens (including phenoxy) is 1. The summed E-state index contributed by atoms with van der Waals surface area (Å²) in [6.07, 6.45) is 3.13. The van der Waals surface area contributed by atoms with E-state index in [0.29, 0.717) is 23.6 Å². The van der Waals surface area contributed by atoms with Gasteiger partial charge in [0.05, 0.1) is 17.5 Å². The molecule has 6 heteroatoms. The van der Waals surface area contributed by atoms with Crippen molar-refractivity contribution in [3.8, 4) is 0 Å². The number of aromatic nitrogens is 2. The number of piperidine rings is 1. The number of anilines is 1. The highest BCUT2D eigenvalue weighted by atomic mass is 16.5. The third kappa shape index (κ3) is 2.95. The van der Waals surface area contributed by atoms with Crippen LogP contribution < -0.4 is 5.73 Å². The van der Waals surface area contributed by atoms with E-state index in [1.165, 1.54) is 0 Å². The molecule has 0 radical (unpaired) electrons. The second-order valence-electron chi connectivity index (χ2n) is 5.36. The molecule has 1 aromatic rings. The predicted octanol–water partition coefficient (Wildman–Crippen LogP) is 1.34. The summed E-state index contributed by atoms with van der Waals surface area (Å²) in [5.41, 5.74) is 7.63. The number of aryl methyl sites for hydroxylation is 2. The molecule has 1 saturated heterocycles. The molecule has 1 amide bonds. The third-order valence-electron chi connectivity index (χ3n) is 3.69. The maximum Gasteiger partial charge on any atom is 0.274 e. The van der Waals surface area contributed by atoms with E-state index >= 15 is 0 Å². The molecule has 1 unspecified atom stereocenters. The van der Waals surface area contributed by atoms with Gasteiger partial charge in [-0.2, -0.15) is 5.10 Å². The molecule has 6 nitrogen and oxygen atoms in total. The zero-order valence-corrected chi connectivity index (χ0v) is 12.6. The summed E-state index contributed by atoms with van der Waals surface area (Å²) < 4.78 is 7.34. The van der Waals surface area contributed by atoms with Crippen molar-refractivity contribution in [2.45, 2.75) is 39.2 Å². The Morgan fingerprint density at radius 2 is 2.30 bits per heavy atom. The van der Waals surface area contributed by atoms with Gasteiger partial charge in [0.2, 0.25) is 0 Å². The van der Waals surface area contributed by atoms with E-state index < -0.39 is 0 Å². The molecule has 1 aliphatic heterocycles. The quantitative estimate of drug-likeness (QED) is 0.903. The van der Waals surface area contributed by atoms with Gasteiger partial charge in [0.25, 0.3) is 5.91 Å². The monoisotopic (exact) mass is 280 g/mol. The smallest absolute Gasteiger partial charge is 0.274 e. The van der Waals surface area contributed by atoms with Crippen LogP contribution in [-0.4, -0.2) is 46.4 Å². The first kappa shape index (κ1) is 14.8. The molecule has 0 saturated carbocycles. The molecule has 1 aromatic heterocycles. The molecule has 2 rings (SSSR count). The Morgan fingerprint density at radius 3 is 2.90 bits per heavy atom. The Balaban J connectivity index is 2.08. The number of nitrogens with two attached hydrogens (primary N) is 1. The van der Waals surface area contributed by atoms with Gasteiger partial charge in [-0.25, -0.2) is 0 Å². The first-order valence-electron chi connectivity index (χ1n) is 7.24. The summed E-state index contributed by atoms with van der Waals surface area (Å²) in [6.45, 7) is 6.05. The summed E-state index contributed by atoms with van der Waals surface area (Å²) in [7, 11) is 1.76. The number of nitrogens with zero attached hydrogens (tertiary/aromatic N) is 3. The lowest BCUT2D eigenvalue weighted by Crippen LogP contribution is -2.44. The van der Waals surface area contributed by atoms with Gasteiger partial charge < -0.3 is 15.4 Å². The van der Waals surface area contributed by atoms with Gasteiger partial charge in [0.1, 0.15) is 5.69 Å². The van der Waals surface area contributed by atoms with Crippen molar-refractivity contribution in [1.29, 1.82) is 0 Å². The van der Waals surface area contributed by atoms with Crippen molar-refractivity contribution in [3.63, 3.8) is 0 Å². The lowest BCUT2D eigenvalue weighted by atomic mass is 10.1. The van der Waals surface area contributed by atoms with Crippen molar-refractivity contribution < 1.29 is 9.53 Å². The fraction of sp³-hybridized carbons (Fsp3) is 0.714. The van der Waals surface area contributed by atoms with Crippen molar-refractivity contribution in [2.24, 2.45) is 7.05 Å². The van der Waals surface area contributed by atoms with Gasteiger partial charge in [0, 0.05) is 26.7 Å². The average molecular weight is 280 g/mol. The second-order valence-corrected chi connectivity index (χ2v) is 5.36. The van der Waals surface area contributed by atoms with Crippen LogP contribution in [0.15, 0.2) is 0 Å². The van der Waals surface area contributed by atoms with E-state index in [4.69, 9.17) is 10.5 Å². The van der Waals surface area contributed by atoms with Crippen molar-refractivity contribution >= 4 is 11.6 Å². The Kier molecular flexibility index (Phi) is 4.65. The molecule has 112 valence electrons. The Bertz CT molecular complexity index is 484. The van der Waals surface area contributed by atoms with Crippen LogP contribution >= 0.6 is 0 Å². The summed E-state index contributed by atoms with van der Waals surface area (Å²) >= 11 is 0. The maximum atomic E-state index is 12.6. The van der Waals surface area contributed by atoms with E-state index in [9.17, 15) is 4.79 Å². The predicted molar refractivity (Wildman–Crippen MR) is 77.5 cm³/mol. The molecule has 0 bridgehead atoms. The fourth-order valence-corrected chi connectivity index (χ4v) is 2.62. The molecule has 0 spiro atoms. The highest BCUT2D eigenvalue weighted by Gasteiger charge is 2.28. The number of nitrogen functional groups attached to an aromatic ring is 1. The van der Waals surface area contributed by atoms with Crippen molar-refractivity contribution in [3.05, 3.63) is 11.4 Å². The molecule has 2 heterocycles. The van der Waals surface area contributed by atoms with Gasteiger partial charge in [-0.15, -0.1) is 0 Å². The molecule has 2 N–H and O–H groups in total. The number of rotatable bonds is 4. The molecule has 1 fully saturated rings. The number of amides is 1. The molecule has 0 aromatic carbocycles. The molecule has 0 aliphatic carbocycles. The van der Waals surface area contributed by atoms with E-state index in [0.717, 1.165) is 32.4 Å². The van der Waals surface area contributed by atoms with Crippen LogP contribution in [0.1, 0.15) is 42.4 Å². The zero-order valence-electron chi connectivity index (χ0n) is 12.6. The minimum absolute atomic E-state index is 0.0459. The van der Waals surface area contributed by atoms with Crippen LogP contribution in [0.5, 0.6) is 0 Å². The Labute approximate surface area is 119 Å². The van der Waals surface area contributed by atoms with Gasteiger partial charge in [0.15, 0.2) is 0 Å². The first-order chi connectivity index (χ1) is 9.54. The van der Waals surface area contributed by atoms with Crippen molar-refractivity contribution in [1.82, 2.24) is 14.7 Å². The summed E-state index contributed by atoms with van der Waals surface area (Å²) in [6, 6.07) is 0. The van der Waals surface area contributed by atoms with Gasteiger partial charge in [-0.3, -0.25) is 9.48 Å². The molecular weight excluding hydrogens is 256 g/mol. The minimum Gasteiger partial charge on any atom is -0.395 e. The van der Waals surface area contributed by atoms with Crippen LogP contribution in [-0.2, 0) is 11.8 Å². The first-order valence-corrected chi connectivity index (χ1v) is 7.24. The second kappa shape index (κ2) is 6.26. The van der Waals surface area contributed by atoms with Crippen LogP contribution in [0.4, 0.5) is 5.69 Å². The molecule has 1 atom stereocenters. The lowest BCUT2D eigenvalue weighted by molar-refractivity contribution is 0.00180. The van der Waals surface area contributed by atoms with Crippen LogP contribution in [0.25, 0.3) is 0 Å². The fourth-order valence-electron chi connectivity index (χ4n) is 2.62. The number of likely N-dealkylation sites (tertiary alicyclic amines) is 1. The van der Waals surface area contributed by atoms with E-state index in [2.05, 4.69) is 12.0 Å². The van der Waals surface area contributed by atoms with Gasteiger partial charge >= 0.3 is 0 Å². The summed E-state index contributed by atoms with van der Waals surface area (Å²) in [4.78, 5) is 14.4. The van der Waals surface area contributed by atoms with Gasteiger partial charge in [-0.1, -0.05) is 6.92 Å². The van der Waals surface area contributed by atoms with E-state index in [1.54, 1.807) is 11.7 Å². The number of carbonyl (C=O) groups is 1. The number of hydrogen-bond donors (Lipinski definition) is 1. The summed E-state index contributed by atoms with van der Waals surface area (Å²) in [5, 5.41) is 4.21. The largest absolute Gasteiger partial charge is 0.395 e. The summed E-state index contributed by atoms with van der Waals surface area (Å²) in [5.74, 6) is -0.0459. The lowest BCUT2D eigenvalue weighted by Gasteiger charge is -2.32. The maximum absolute atomic E-state index is 12.6. The van der Waals surface area contributed by atoms with Crippen molar-refractivity contribution in [2.75, 3.05) is 25.4 Å². The Morgan fingerprint density at radius 1 is 1.55 bits per heavy atom. The number of hydrogen-bond acceptors (Lipinski definition) is 4. The topological polar surface area (TPSA) is 73.4 Å². The molecule has 1 aliphatic rings. The van der Waals surface area contributed by atoms with E-state index in [-0.39, 0.29) is 12.0 Å².